The summed E-state index contributed by atoms with van der Waals surface area (Å²) in [6.07, 6.45) is 7.94. The molecular formula is C20H31ClN2O3S2. The highest BCUT2D eigenvalue weighted by atomic mass is 35.5. The van der Waals surface area contributed by atoms with Gasteiger partial charge in [0.15, 0.2) is 0 Å². The molecular weight excluding hydrogens is 416 g/mol. The third-order valence-corrected chi connectivity index (χ3v) is 7.83. The molecule has 158 valence electrons. The van der Waals surface area contributed by atoms with Gasteiger partial charge in [-0.15, -0.1) is 0 Å². The molecule has 1 N–H and O–H groups in total. The van der Waals surface area contributed by atoms with Gasteiger partial charge in [0.05, 0.1) is 11.9 Å². The number of anilines is 1. The molecule has 0 aromatic heterocycles. The van der Waals surface area contributed by atoms with Crippen LogP contribution in [-0.4, -0.2) is 44.2 Å². The van der Waals surface area contributed by atoms with E-state index in [1.165, 1.54) is 36.4 Å². The molecule has 0 spiro atoms. The second kappa shape index (κ2) is 10.7. The van der Waals surface area contributed by atoms with Crippen molar-refractivity contribution in [2.45, 2.75) is 63.7 Å². The first-order chi connectivity index (χ1) is 13.2. The first-order valence-electron chi connectivity index (χ1n) is 9.89. The molecule has 1 aliphatic carbocycles. The molecule has 0 aliphatic heterocycles. The van der Waals surface area contributed by atoms with Crippen LogP contribution in [0.3, 0.4) is 0 Å². The van der Waals surface area contributed by atoms with Crippen LogP contribution in [0.1, 0.15) is 51.0 Å². The third-order valence-electron chi connectivity index (χ3n) is 5.05. The van der Waals surface area contributed by atoms with Crippen LogP contribution in [0, 0.1) is 6.92 Å². The minimum atomic E-state index is -3.65. The summed E-state index contributed by atoms with van der Waals surface area (Å²) in [5.41, 5.74) is 1.21. The molecule has 0 saturated heterocycles. The molecule has 1 atom stereocenters. The number of carbonyl (C=O) groups is 1. The second-order valence-electron chi connectivity index (χ2n) is 7.34. The van der Waals surface area contributed by atoms with Crippen molar-refractivity contribution < 1.29 is 13.2 Å². The van der Waals surface area contributed by atoms with Gasteiger partial charge in [-0.1, -0.05) is 43.9 Å². The Morgan fingerprint density at radius 3 is 2.61 bits per heavy atom. The molecule has 28 heavy (non-hydrogen) atoms. The van der Waals surface area contributed by atoms with Gasteiger partial charge >= 0.3 is 0 Å². The van der Waals surface area contributed by atoms with Gasteiger partial charge in [-0.2, -0.15) is 11.8 Å². The molecule has 1 amide bonds. The van der Waals surface area contributed by atoms with E-state index >= 15 is 0 Å². The van der Waals surface area contributed by atoms with Crippen molar-refractivity contribution in [3.8, 4) is 0 Å². The zero-order valence-corrected chi connectivity index (χ0v) is 19.3. The summed E-state index contributed by atoms with van der Waals surface area (Å²) in [6.45, 7) is 4.18. The topological polar surface area (TPSA) is 66.5 Å². The molecule has 1 aromatic rings. The van der Waals surface area contributed by atoms with Gasteiger partial charge in [-0.3, -0.25) is 9.10 Å². The Kier molecular flexibility index (Phi) is 8.96. The average molecular weight is 447 g/mol. The lowest BCUT2D eigenvalue weighted by Crippen LogP contribution is -2.50. The number of thioether (sulfide) groups is 1. The number of benzene rings is 1. The number of aryl methyl sites for hydroxylation is 1. The minimum absolute atomic E-state index is 0.267. The van der Waals surface area contributed by atoms with Crippen LogP contribution < -0.4 is 9.62 Å². The molecule has 1 saturated carbocycles. The fourth-order valence-electron chi connectivity index (χ4n) is 3.60. The second-order valence-corrected chi connectivity index (χ2v) is 11.0. The van der Waals surface area contributed by atoms with E-state index < -0.39 is 16.1 Å². The lowest BCUT2D eigenvalue weighted by molar-refractivity contribution is -0.122. The minimum Gasteiger partial charge on any atom is -0.353 e. The van der Waals surface area contributed by atoms with Crippen LogP contribution in [0.2, 0.25) is 5.02 Å². The predicted octanol–water partition coefficient (Wildman–Crippen LogP) is 4.38. The quantitative estimate of drug-likeness (QED) is 0.572. The summed E-state index contributed by atoms with van der Waals surface area (Å²) in [5, 5.41) is 4.06. The molecule has 2 rings (SSSR count). The van der Waals surface area contributed by atoms with Gasteiger partial charge in [0.1, 0.15) is 6.04 Å². The highest BCUT2D eigenvalue weighted by Gasteiger charge is 2.32. The van der Waals surface area contributed by atoms with Crippen molar-refractivity contribution in [2.24, 2.45) is 0 Å². The number of carbonyl (C=O) groups excluding carboxylic acids is 1. The Labute approximate surface area is 178 Å². The molecule has 1 aromatic carbocycles. The van der Waals surface area contributed by atoms with Crippen molar-refractivity contribution in [2.75, 3.05) is 22.9 Å². The molecule has 5 nitrogen and oxygen atoms in total. The number of nitrogens with zero attached hydrogens (tertiary/aromatic N) is 1. The van der Waals surface area contributed by atoms with Crippen LogP contribution in [0.5, 0.6) is 0 Å². The maximum atomic E-state index is 12.8. The van der Waals surface area contributed by atoms with E-state index in [4.69, 9.17) is 11.6 Å². The molecule has 1 fully saturated rings. The van der Waals surface area contributed by atoms with Gasteiger partial charge in [-0.05, 0) is 43.9 Å². The average Bonchev–Trinajstić information content (AvgIpc) is 2.65. The lowest BCUT2D eigenvalue weighted by atomic mass is 10.0. The Morgan fingerprint density at radius 2 is 2.00 bits per heavy atom. The van der Waals surface area contributed by atoms with Crippen molar-refractivity contribution in [1.82, 2.24) is 5.32 Å². The van der Waals surface area contributed by atoms with E-state index in [1.807, 2.05) is 25.6 Å². The first kappa shape index (κ1) is 23.4. The third kappa shape index (κ3) is 6.56. The molecule has 8 heteroatoms. The van der Waals surface area contributed by atoms with E-state index in [0.717, 1.165) is 17.6 Å². The number of sulfonamides is 1. The smallest absolute Gasteiger partial charge is 0.243 e. The monoisotopic (exact) mass is 446 g/mol. The van der Waals surface area contributed by atoms with Crippen molar-refractivity contribution >= 4 is 45.0 Å². The lowest BCUT2D eigenvalue weighted by Gasteiger charge is -2.31. The SMILES string of the molecule is CCC(C(=O)NCCSC1CCCCC1)N(c1cc(Cl)ccc1C)S(C)(=O)=O. The van der Waals surface area contributed by atoms with Crippen LogP contribution in [0.25, 0.3) is 0 Å². The van der Waals surface area contributed by atoms with Gasteiger partial charge in [0.2, 0.25) is 15.9 Å². The van der Waals surface area contributed by atoms with E-state index in [9.17, 15) is 13.2 Å². The highest BCUT2D eigenvalue weighted by Crippen LogP contribution is 2.30. The van der Waals surface area contributed by atoms with E-state index in [-0.39, 0.29) is 5.91 Å². The summed E-state index contributed by atoms with van der Waals surface area (Å²) in [4.78, 5) is 12.8. The van der Waals surface area contributed by atoms with E-state index in [0.29, 0.717) is 28.9 Å². The number of halogens is 1. The van der Waals surface area contributed by atoms with Crippen LogP contribution in [0.15, 0.2) is 18.2 Å². The van der Waals surface area contributed by atoms with E-state index in [1.54, 1.807) is 18.2 Å². The molecule has 0 radical (unpaired) electrons. The number of rotatable bonds is 9. The summed E-state index contributed by atoms with van der Waals surface area (Å²) < 4.78 is 26.3. The zero-order valence-electron chi connectivity index (χ0n) is 16.9. The summed E-state index contributed by atoms with van der Waals surface area (Å²) in [7, 11) is -3.65. The molecule has 1 aliphatic rings. The Balaban J connectivity index is 2.06. The van der Waals surface area contributed by atoms with Crippen molar-refractivity contribution in [3.63, 3.8) is 0 Å². The number of hydrogen-bond donors (Lipinski definition) is 1. The van der Waals surface area contributed by atoms with Crippen LogP contribution in [0.4, 0.5) is 5.69 Å². The fraction of sp³-hybridized carbons (Fsp3) is 0.650. The maximum Gasteiger partial charge on any atom is 0.243 e. The van der Waals surface area contributed by atoms with Gasteiger partial charge in [-0.25, -0.2) is 8.42 Å². The number of hydrogen-bond acceptors (Lipinski definition) is 4. The maximum absolute atomic E-state index is 12.8. The normalized spacial score (nSPS) is 16.6. The van der Waals surface area contributed by atoms with E-state index in [2.05, 4.69) is 5.32 Å². The van der Waals surface area contributed by atoms with Crippen LogP contribution in [-0.2, 0) is 14.8 Å². The Hall–Kier alpha value is -0.920. The number of amides is 1. The van der Waals surface area contributed by atoms with Crippen molar-refractivity contribution in [1.29, 1.82) is 0 Å². The highest BCUT2D eigenvalue weighted by molar-refractivity contribution is 7.99. The van der Waals surface area contributed by atoms with Gasteiger partial charge in [0.25, 0.3) is 0 Å². The molecule has 1 unspecified atom stereocenters. The Morgan fingerprint density at radius 1 is 1.32 bits per heavy atom. The van der Waals surface area contributed by atoms with Crippen molar-refractivity contribution in [3.05, 3.63) is 28.8 Å². The van der Waals surface area contributed by atoms with Gasteiger partial charge < -0.3 is 5.32 Å². The number of nitrogens with one attached hydrogen (secondary N) is 1. The zero-order chi connectivity index (χ0) is 20.7. The predicted molar refractivity (Wildman–Crippen MR) is 120 cm³/mol. The largest absolute Gasteiger partial charge is 0.353 e. The summed E-state index contributed by atoms with van der Waals surface area (Å²) in [5.74, 6) is 0.582. The first-order valence-corrected chi connectivity index (χ1v) is 13.2. The van der Waals surface area contributed by atoms with Crippen LogP contribution >= 0.6 is 23.4 Å². The molecule has 0 bridgehead atoms. The van der Waals surface area contributed by atoms with Gasteiger partial charge in [0, 0.05) is 22.6 Å². The summed E-state index contributed by atoms with van der Waals surface area (Å²) >= 11 is 8.00. The Bertz CT molecular complexity index is 765. The molecule has 0 heterocycles. The fourth-order valence-corrected chi connectivity index (χ4v) is 6.25. The summed E-state index contributed by atoms with van der Waals surface area (Å²) in [6, 6.07) is 4.28. The standard InChI is InChI=1S/C20H31ClN2O3S2/c1-4-18(20(24)22-12-13-27-17-8-6-5-7-9-17)23(28(3,25)26)19-14-16(21)11-10-15(19)2/h10-11,14,17-18H,4-9,12-13H2,1-3H3,(H,22,24).